The van der Waals surface area contributed by atoms with Gasteiger partial charge in [-0.15, -0.1) is 0 Å². The van der Waals surface area contributed by atoms with E-state index in [0.29, 0.717) is 29.4 Å². The van der Waals surface area contributed by atoms with Gasteiger partial charge >= 0.3 is 0 Å². The van der Waals surface area contributed by atoms with Gasteiger partial charge in [-0.25, -0.2) is 0 Å². The number of carbonyl (C=O) groups is 1. The first-order valence-electron chi connectivity index (χ1n) is 9.41. The molecule has 1 aromatic carbocycles. The highest BCUT2D eigenvalue weighted by Gasteiger charge is 2.31. The van der Waals surface area contributed by atoms with Gasteiger partial charge in [-0.05, 0) is 56.9 Å². The number of nitrogens with zero attached hydrogens (tertiary/aromatic N) is 1. The predicted molar refractivity (Wildman–Crippen MR) is 107 cm³/mol. The molecular weight excluding hydrogens is 364 g/mol. The molecule has 0 fully saturated rings. The third-order valence-corrected chi connectivity index (χ3v) is 5.62. The molecule has 2 aliphatic heterocycles. The van der Waals surface area contributed by atoms with Crippen molar-refractivity contribution >= 4 is 17.5 Å². The minimum atomic E-state index is -0.778. The van der Waals surface area contributed by atoms with E-state index in [9.17, 15) is 9.90 Å². The molecule has 3 rings (SSSR count). The SMILES string of the molecule is CCC(C)Oc1ccc2c(c1Cl)C(=O)N(CC1=C(C)C=C(C)NC1O)CC2. The van der Waals surface area contributed by atoms with E-state index in [1.165, 1.54) is 0 Å². The van der Waals surface area contributed by atoms with Crippen molar-refractivity contribution in [2.45, 2.75) is 52.9 Å². The Morgan fingerprint density at radius 2 is 2.15 bits per heavy atom. The summed E-state index contributed by atoms with van der Waals surface area (Å²) in [4.78, 5) is 14.9. The summed E-state index contributed by atoms with van der Waals surface area (Å²) < 4.78 is 5.87. The van der Waals surface area contributed by atoms with E-state index in [1.54, 1.807) is 4.90 Å². The number of nitrogens with one attached hydrogen (secondary N) is 1. The fourth-order valence-electron chi connectivity index (χ4n) is 3.49. The number of ether oxygens (including phenoxy) is 1. The number of dihydropyridines is 1. The molecule has 0 aromatic heterocycles. The van der Waals surface area contributed by atoms with Crippen molar-refractivity contribution in [2.24, 2.45) is 0 Å². The molecule has 2 aliphatic rings. The van der Waals surface area contributed by atoms with Crippen LogP contribution in [0.1, 0.15) is 50.0 Å². The molecule has 27 heavy (non-hydrogen) atoms. The van der Waals surface area contributed by atoms with Crippen LogP contribution in [0.4, 0.5) is 0 Å². The molecule has 1 amide bonds. The summed E-state index contributed by atoms with van der Waals surface area (Å²) in [5.41, 5.74) is 4.17. The Balaban J connectivity index is 1.87. The molecule has 6 heteroatoms. The number of halogens is 1. The topological polar surface area (TPSA) is 61.8 Å². The van der Waals surface area contributed by atoms with Gasteiger partial charge in [0.25, 0.3) is 5.91 Å². The van der Waals surface area contributed by atoms with Gasteiger partial charge in [0, 0.05) is 24.4 Å². The zero-order chi connectivity index (χ0) is 19.7. The Bertz CT molecular complexity index is 816. The number of hydrogen-bond acceptors (Lipinski definition) is 4. The van der Waals surface area contributed by atoms with Crippen LogP contribution in [0.2, 0.25) is 5.02 Å². The van der Waals surface area contributed by atoms with Gasteiger partial charge in [0.1, 0.15) is 12.0 Å². The first kappa shape index (κ1) is 19.8. The Hall–Kier alpha value is -1.98. The van der Waals surface area contributed by atoms with Gasteiger partial charge in [0.15, 0.2) is 0 Å². The summed E-state index contributed by atoms with van der Waals surface area (Å²) in [7, 11) is 0. The van der Waals surface area contributed by atoms with Crippen LogP contribution in [-0.2, 0) is 6.42 Å². The van der Waals surface area contributed by atoms with E-state index in [4.69, 9.17) is 16.3 Å². The molecule has 2 N–H and O–H groups in total. The Labute approximate surface area is 165 Å². The molecule has 0 saturated carbocycles. The highest BCUT2D eigenvalue weighted by Crippen LogP contribution is 2.35. The van der Waals surface area contributed by atoms with Crippen LogP contribution in [0.15, 0.2) is 35.1 Å². The molecule has 0 saturated heterocycles. The van der Waals surface area contributed by atoms with E-state index in [0.717, 1.165) is 35.2 Å². The molecule has 5 nitrogen and oxygen atoms in total. The van der Waals surface area contributed by atoms with Crippen LogP contribution < -0.4 is 10.1 Å². The summed E-state index contributed by atoms with van der Waals surface area (Å²) in [6.45, 7) is 8.85. The summed E-state index contributed by atoms with van der Waals surface area (Å²) >= 11 is 6.55. The van der Waals surface area contributed by atoms with Crippen molar-refractivity contribution in [3.8, 4) is 5.75 Å². The number of fused-ring (bicyclic) bond motifs is 1. The molecule has 2 atom stereocenters. The molecule has 2 heterocycles. The van der Waals surface area contributed by atoms with Gasteiger partial charge in [-0.1, -0.05) is 24.6 Å². The van der Waals surface area contributed by atoms with Crippen LogP contribution in [0, 0.1) is 0 Å². The van der Waals surface area contributed by atoms with Crippen molar-refractivity contribution in [1.82, 2.24) is 10.2 Å². The zero-order valence-electron chi connectivity index (χ0n) is 16.3. The van der Waals surface area contributed by atoms with E-state index >= 15 is 0 Å². The molecular formula is C21H27ClN2O3. The average molecular weight is 391 g/mol. The van der Waals surface area contributed by atoms with Gasteiger partial charge in [0.2, 0.25) is 0 Å². The lowest BCUT2D eigenvalue weighted by Gasteiger charge is -2.33. The number of hydrogen-bond donors (Lipinski definition) is 2. The van der Waals surface area contributed by atoms with Gasteiger partial charge in [-0.2, -0.15) is 0 Å². The minimum absolute atomic E-state index is 0.0293. The Morgan fingerprint density at radius 1 is 1.41 bits per heavy atom. The third-order valence-electron chi connectivity index (χ3n) is 5.24. The monoisotopic (exact) mass is 390 g/mol. The molecule has 0 radical (unpaired) electrons. The summed E-state index contributed by atoms with van der Waals surface area (Å²) in [6, 6.07) is 3.78. The second-order valence-corrected chi connectivity index (χ2v) is 7.69. The van der Waals surface area contributed by atoms with Gasteiger partial charge in [-0.3, -0.25) is 4.79 Å². The largest absolute Gasteiger partial charge is 0.489 e. The van der Waals surface area contributed by atoms with Crippen molar-refractivity contribution in [2.75, 3.05) is 13.1 Å². The highest BCUT2D eigenvalue weighted by molar-refractivity contribution is 6.35. The maximum absolute atomic E-state index is 13.1. The smallest absolute Gasteiger partial charge is 0.256 e. The van der Waals surface area contributed by atoms with E-state index in [1.807, 2.05) is 45.9 Å². The van der Waals surface area contributed by atoms with Crippen molar-refractivity contribution in [3.63, 3.8) is 0 Å². The number of allylic oxidation sites excluding steroid dienone is 3. The van der Waals surface area contributed by atoms with Crippen molar-refractivity contribution < 1.29 is 14.6 Å². The Kier molecular flexibility index (Phi) is 5.82. The predicted octanol–water partition coefficient (Wildman–Crippen LogP) is 3.66. The Morgan fingerprint density at radius 3 is 2.81 bits per heavy atom. The summed E-state index contributed by atoms with van der Waals surface area (Å²) in [5, 5.41) is 13.7. The third kappa shape index (κ3) is 3.99. The first-order valence-corrected chi connectivity index (χ1v) is 9.79. The molecule has 2 unspecified atom stereocenters. The second kappa shape index (κ2) is 7.95. The highest BCUT2D eigenvalue weighted by atomic mass is 35.5. The fraction of sp³-hybridized carbons (Fsp3) is 0.476. The lowest BCUT2D eigenvalue weighted by Crippen LogP contribution is -2.43. The first-order chi connectivity index (χ1) is 12.8. The lowest BCUT2D eigenvalue weighted by molar-refractivity contribution is 0.0737. The normalized spacial score (nSPS) is 20.8. The number of aliphatic hydroxyl groups excluding tert-OH is 1. The summed E-state index contributed by atoms with van der Waals surface area (Å²) in [6.07, 6.45) is 2.82. The number of amides is 1. The second-order valence-electron chi connectivity index (χ2n) is 7.31. The quantitative estimate of drug-likeness (QED) is 0.805. The van der Waals surface area contributed by atoms with Crippen LogP contribution in [0.3, 0.4) is 0 Å². The van der Waals surface area contributed by atoms with Crippen molar-refractivity contribution in [1.29, 1.82) is 0 Å². The van der Waals surface area contributed by atoms with Crippen LogP contribution >= 0.6 is 11.6 Å². The maximum atomic E-state index is 13.1. The standard InChI is InChI=1S/C21H27ClN2O3/c1-5-14(4)27-17-7-6-15-8-9-24(21(26)18(15)19(17)22)11-16-12(2)10-13(3)23-20(16)25/h6-7,10,14,20,23,25H,5,8-9,11H2,1-4H3. The average Bonchev–Trinajstić information content (AvgIpc) is 2.61. The van der Waals surface area contributed by atoms with Crippen molar-refractivity contribution in [3.05, 3.63) is 51.2 Å². The fourth-order valence-corrected chi connectivity index (χ4v) is 3.80. The lowest BCUT2D eigenvalue weighted by atomic mass is 9.96. The molecule has 0 aliphatic carbocycles. The zero-order valence-corrected chi connectivity index (χ0v) is 17.1. The minimum Gasteiger partial charge on any atom is -0.489 e. The van der Waals surface area contributed by atoms with E-state index < -0.39 is 6.23 Å². The van der Waals surface area contributed by atoms with Crippen LogP contribution in [0.5, 0.6) is 5.75 Å². The molecule has 0 bridgehead atoms. The molecule has 146 valence electrons. The van der Waals surface area contributed by atoms with Crippen LogP contribution in [-0.4, -0.2) is 41.3 Å². The number of carbonyl (C=O) groups excluding carboxylic acids is 1. The van der Waals surface area contributed by atoms with E-state index in [2.05, 4.69) is 5.32 Å². The van der Waals surface area contributed by atoms with Crippen LogP contribution in [0.25, 0.3) is 0 Å². The molecule has 0 spiro atoms. The summed E-state index contributed by atoms with van der Waals surface area (Å²) in [5.74, 6) is 0.433. The number of rotatable bonds is 5. The van der Waals surface area contributed by atoms with Gasteiger partial charge in [0.05, 0.1) is 16.7 Å². The van der Waals surface area contributed by atoms with Gasteiger partial charge < -0.3 is 20.1 Å². The maximum Gasteiger partial charge on any atom is 0.256 e. The number of benzene rings is 1. The number of aliphatic hydroxyl groups is 1. The van der Waals surface area contributed by atoms with E-state index in [-0.39, 0.29) is 12.0 Å². The molecule has 1 aromatic rings.